The van der Waals surface area contributed by atoms with Crippen molar-refractivity contribution < 1.29 is 9.47 Å². The third kappa shape index (κ3) is 7.60. The normalized spacial score (nSPS) is 14.6. The van der Waals surface area contributed by atoms with E-state index in [4.69, 9.17) is 34.4 Å². The van der Waals surface area contributed by atoms with Crippen molar-refractivity contribution in [2.75, 3.05) is 0 Å². The number of hydrogen-bond acceptors (Lipinski definition) is 7. The van der Waals surface area contributed by atoms with Crippen LogP contribution >= 0.6 is 0 Å². The van der Waals surface area contributed by atoms with E-state index in [2.05, 4.69) is 231 Å². The predicted molar refractivity (Wildman–Crippen MR) is 366 cm³/mol. The van der Waals surface area contributed by atoms with E-state index in [1.807, 2.05) is 72.8 Å². The Kier molecular flexibility index (Phi) is 11.4. The molecule has 12 aromatic carbocycles. The largest absolute Gasteiger partial charge is 0.457 e. The average molecular weight is 1170 g/mol. The summed E-state index contributed by atoms with van der Waals surface area (Å²) in [6, 6.07) is 108. The third-order valence-corrected chi connectivity index (χ3v) is 19.3. The highest BCUT2D eigenvalue weighted by atomic mass is 16.5. The number of aromatic nitrogens is 5. The number of nitrogens with zero attached hydrogens (tertiary/aromatic N) is 5. The Hall–Kier alpha value is -12.2. The van der Waals surface area contributed by atoms with E-state index in [0.717, 1.165) is 123 Å². The molecule has 92 heavy (non-hydrogen) atoms. The first-order chi connectivity index (χ1) is 45.6. The maximum atomic E-state index is 7.04. The van der Waals surface area contributed by atoms with Gasteiger partial charge in [-0.15, -0.1) is 0 Å². The van der Waals surface area contributed by atoms with E-state index in [-0.39, 0.29) is 0 Å². The van der Waals surface area contributed by atoms with Crippen molar-refractivity contribution in [3.8, 4) is 124 Å². The molecule has 3 aromatic heterocycles. The van der Waals surface area contributed by atoms with E-state index >= 15 is 0 Å². The molecule has 0 fully saturated rings. The van der Waals surface area contributed by atoms with Gasteiger partial charge in [-0.1, -0.05) is 249 Å². The van der Waals surface area contributed by atoms with Gasteiger partial charge in [0.05, 0.1) is 39.3 Å². The summed E-state index contributed by atoms with van der Waals surface area (Å²) < 4.78 is 14.0. The van der Waals surface area contributed by atoms with Crippen LogP contribution in [-0.4, -0.2) is 24.9 Å². The summed E-state index contributed by atoms with van der Waals surface area (Å²) in [7, 11) is 0. The molecule has 5 heterocycles. The minimum Gasteiger partial charge on any atom is -0.457 e. The lowest BCUT2D eigenvalue weighted by Crippen LogP contribution is -2.32. The molecular formula is C85H51N5O2. The number of benzene rings is 12. The van der Waals surface area contributed by atoms with Gasteiger partial charge in [0.2, 0.25) is 0 Å². The van der Waals surface area contributed by atoms with Crippen molar-refractivity contribution in [1.82, 2.24) is 24.9 Å². The van der Waals surface area contributed by atoms with E-state index in [1.165, 1.54) is 44.5 Å². The fourth-order valence-corrected chi connectivity index (χ4v) is 15.4. The van der Waals surface area contributed by atoms with Crippen LogP contribution in [0.1, 0.15) is 44.5 Å². The lowest BCUT2D eigenvalue weighted by molar-refractivity contribution is 0.436. The van der Waals surface area contributed by atoms with Gasteiger partial charge in [0.15, 0.2) is 11.6 Å². The second kappa shape index (κ2) is 20.2. The summed E-state index contributed by atoms with van der Waals surface area (Å²) in [5.74, 6) is 4.51. The molecule has 2 aliphatic heterocycles. The van der Waals surface area contributed by atoms with E-state index in [1.54, 1.807) is 6.20 Å². The summed E-state index contributed by atoms with van der Waals surface area (Å²) in [6.45, 7) is 0. The van der Waals surface area contributed by atoms with E-state index in [0.29, 0.717) is 11.6 Å². The Bertz CT molecular complexity index is 5450. The van der Waals surface area contributed by atoms with E-state index < -0.39 is 10.8 Å². The SMILES string of the molecule is c1ccc(-c2nc(-c3ccc4c(c3)Oc3ccccc3C43c4ccccc4-c4cc(-c5ccc(-c6cc(-c7ccc8c(c7)Oc7ccccc7C87c8ccccc8-c8ccccc87)nc(-c7ccccc7)n6)c6ccccc56)ccc43)cc(-c3ccccn3)n2)cc1. The maximum Gasteiger partial charge on any atom is 0.160 e. The van der Waals surface area contributed by atoms with Gasteiger partial charge in [0, 0.05) is 56.3 Å². The monoisotopic (exact) mass is 1170 g/mol. The highest BCUT2D eigenvalue weighted by molar-refractivity contribution is 6.06. The van der Waals surface area contributed by atoms with Gasteiger partial charge in [0.25, 0.3) is 0 Å². The van der Waals surface area contributed by atoms with Gasteiger partial charge in [-0.3, -0.25) is 4.98 Å². The van der Waals surface area contributed by atoms with Crippen molar-refractivity contribution in [3.63, 3.8) is 0 Å². The number of rotatable bonds is 7. The van der Waals surface area contributed by atoms with Crippen LogP contribution in [0.5, 0.6) is 23.0 Å². The zero-order valence-corrected chi connectivity index (χ0v) is 49.5. The van der Waals surface area contributed by atoms with Crippen LogP contribution in [-0.2, 0) is 10.8 Å². The predicted octanol–water partition coefficient (Wildman–Crippen LogP) is 20.4. The Morgan fingerprint density at radius 3 is 1.17 bits per heavy atom. The third-order valence-electron chi connectivity index (χ3n) is 19.3. The molecule has 428 valence electrons. The smallest absolute Gasteiger partial charge is 0.160 e. The molecule has 0 radical (unpaired) electrons. The Morgan fingerprint density at radius 1 is 0.217 bits per heavy atom. The standard InChI is InChI=1S/C85H51N5O2/c1-3-21-52(22-4-1)82-87-74(55-39-44-71-80(48-55)91-78-36-17-15-33-69(78)84(71)65-30-12-9-27-60(65)61-28-10-13-31-66(61)84)50-76(89-82)63-42-41-57(58-25-7-8-26-59(58)63)54-38-43-68-64(47-54)62-29-11-14-32-67(62)85(68)70-34-16-18-37-79(70)92-81-49-56(40-45-72(81)85)75-51-77(73-35-19-20-46-86-73)90-83(88-75)53-23-5-2-6-24-53/h1-51H. The average Bonchev–Trinajstić information content (AvgIpc) is 1.48. The highest BCUT2D eigenvalue weighted by Crippen LogP contribution is 2.64. The molecule has 19 rings (SSSR count). The summed E-state index contributed by atoms with van der Waals surface area (Å²) in [4.78, 5) is 25.7. The van der Waals surface area contributed by atoms with Gasteiger partial charge in [-0.25, -0.2) is 19.9 Å². The first kappa shape index (κ1) is 51.8. The molecule has 0 amide bonds. The Morgan fingerprint density at radius 2 is 0.620 bits per heavy atom. The number of hydrogen-bond donors (Lipinski definition) is 0. The first-order valence-electron chi connectivity index (χ1n) is 31.2. The number of ether oxygens (including phenoxy) is 2. The van der Waals surface area contributed by atoms with Crippen molar-refractivity contribution in [2.45, 2.75) is 10.8 Å². The minimum absolute atomic E-state index is 0.570. The topological polar surface area (TPSA) is 82.9 Å². The minimum atomic E-state index is -0.691. The van der Waals surface area contributed by atoms with Gasteiger partial charge >= 0.3 is 0 Å². The molecule has 1 unspecified atom stereocenters. The van der Waals surface area contributed by atoms with Crippen molar-refractivity contribution in [3.05, 3.63) is 354 Å². The molecule has 7 nitrogen and oxygen atoms in total. The molecule has 0 bridgehead atoms. The molecule has 7 heteroatoms. The van der Waals surface area contributed by atoms with Crippen LogP contribution in [0.3, 0.4) is 0 Å². The van der Waals surface area contributed by atoms with Crippen LogP contribution in [0.2, 0.25) is 0 Å². The van der Waals surface area contributed by atoms with Crippen molar-refractivity contribution >= 4 is 10.8 Å². The number of pyridine rings is 1. The maximum absolute atomic E-state index is 7.04. The second-order valence-corrected chi connectivity index (χ2v) is 24.1. The lowest BCUT2D eigenvalue weighted by atomic mass is 9.66. The number of para-hydroxylation sites is 2. The molecule has 0 saturated heterocycles. The van der Waals surface area contributed by atoms with Gasteiger partial charge in [-0.05, 0) is 121 Å². The zero-order chi connectivity index (χ0) is 60.5. The van der Waals surface area contributed by atoms with Crippen LogP contribution in [0.4, 0.5) is 0 Å². The molecule has 2 spiro atoms. The van der Waals surface area contributed by atoms with Crippen molar-refractivity contribution in [2.24, 2.45) is 0 Å². The fourth-order valence-electron chi connectivity index (χ4n) is 15.4. The first-order valence-corrected chi connectivity index (χ1v) is 31.2. The molecular weight excluding hydrogens is 1120 g/mol. The van der Waals surface area contributed by atoms with Gasteiger partial charge < -0.3 is 9.47 Å². The van der Waals surface area contributed by atoms with Gasteiger partial charge in [-0.2, -0.15) is 0 Å². The van der Waals surface area contributed by atoms with E-state index in [9.17, 15) is 0 Å². The Balaban J connectivity index is 0.737. The lowest BCUT2D eigenvalue weighted by Gasteiger charge is -2.39. The second-order valence-electron chi connectivity index (χ2n) is 24.1. The van der Waals surface area contributed by atoms with Crippen LogP contribution < -0.4 is 9.47 Å². The highest BCUT2D eigenvalue weighted by Gasteiger charge is 2.53. The van der Waals surface area contributed by atoms with Crippen LogP contribution in [0, 0.1) is 0 Å². The summed E-state index contributed by atoms with van der Waals surface area (Å²) in [6.07, 6.45) is 1.80. The van der Waals surface area contributed by atoms with Crippen molar-refractivity contribution in [1.29, 1.82) is 0 Å². The molecule has 1 atom stereocenters. The molecule has 0 saturated carbocycles. The Labute approximate surface area is 531 Å². The van der Waals surface area contributed by atoms with Gasteiger partial charge in [0.1, 0.15) is 23.0 Å². The molecule has 15 aromatic rings. The summed E-state index contributed by atoms with van der Waals surface area (Å²) in [5.41, 5.74) is 23.8. The van der Waals surface area contributed by atoms with Crippen LogP contribution in [0.25, 0.3) is 112 Å². The van der Waals surface area contributed by atoms with Crippen LogP contribution in [0.15, 0.2) is 310 Å². The number of fused-ring (bicyclic) bond motifs is 19. The molecule has 2 aliphatic carbocycles. The summed E-state index contributed by atoms with van der Waals surface area (Å²) >= 11 is 0. The fraction of sp³-hybridized carbons (Fsp3) is 0.0235. The quantitative estimate of drug-likeness (QED) is 0.157. The zero-order valence-electron chi connectivity index (χ0n) is 49.5. The summed E-state index contributed by atoms with van der Waals surface area (Å²) in [5, 5.41) is 2.21. The molecule has 4 aliphatic rings. The molecule has 0 N–H and O–H groups in total.